The summed E-state index contributed by atoms with van der Waals surface area (Å²) in [6.07, 6.45) is 3.96. The Kier molecular flexibility index (Phi) is 6.62. The van der Waals surface area contributed by atoms with Crippen LogP contribution in [0, 0.1) is 17.8 Å². The highest BCUT2D eigenvalue weighted by molar-refractivity contribution is 6.05. The maximum atomic E-state index is 12.9. The second-order valence-corrected chi connectivity index (χ2v) is 9.65. The summed E-state index contributed by atoms with van der Waals surface area (Å²) < 4.78 is 17.9. The Balaban J connectivity index is 1.37. The number of benzene rings is 1. The molecule has 2 amide bonds. The lowest BCUT2D eigenvalue weighted by Crippen LogP contribution is -2.35. The fourth-order valence-corrected chi connectivity index (χ4v) is 5.68. The minimum atomic E-state index is -0.343. The van der Waals surface area contributed by atoms with E-state index in [1.165, 1.54) is 4.90 Å². The van der Waals surface area contributed by atoms with E-state index in [-0.39, 0.29) is 42.3 Å². The molecule has 1 N–H and O–H groups in total. The first-order valence-electron chi connectivity index (χ1n) is 12.2. The lowest BCUT2D eigenvalue weighted by Gasteiger charge is -2.31. The number of aliphatic hydroxyl groups is 1. The summed E-state index contributed by atoms with van der Waals surface area (Å²) in [5.41, 5.74) is 3.37. The molecule has 1 aromatic carbocycles. The van der Waals surface area contributed by atoms with Gasteiger partial charge in [0, 0.05) is 13.0 Å². The molecule has 0 unspecified atom stereocenters. The van der Waals surface area contributed by atoms with Crippen molar-refractivity contribution in [3.63, 3.8) is 0 Å². The molecule has 184 valence electrons. The maximum Gasteiger partial charge on any atom is 0.233 e. The first kappa shape index (κ1) is 23.6. The Hall–Kier alpha value is -3.16. The molecule has 2 aliphatic heterocycles. The highest BCUT2D eigenvalue weighted by atomic mass is 16.5. The van der Waals surface area contributed by atoms with E-state index in [4.69, 9.17) is 13.9 Å². The predicted molar refractivity (Wildman–Crippen MR) is 129 cm³/mol. The van der Waals surface area contributed by atoms with E-state index in [1.54, 1.807) is 13.1 Å². The number of likely N-dealkylation sites (tertiary alicyclic amines) is 1. The Morgan fingerprint density at radius 1 is 1.14 bits per heavy atom. The zero-order valence-electron chi connectivity index (χ0n) is 20.1. The van der Waals surface area contributed by atoms with Gasteiger partial charge in [-0.1, -0.05) is 23.8 Å². The van der Waals surface area contributed by atoms with Crippen LogP contribution < -0.4 is 4.74 Å². The Bertz CT molecular complexity index is 1160. The van der Waals surface area contributed by atoms with Crippen LogP contribution in [0.1, 0.15) is 37.7 Å². The summed E-state index contributed by atoms with van der Waals surface area (Å²) in [6.45, 7) is 2.76. The van der Waals surface area contributed by atoms with Crippen molar-refractivity contribution < 1.29 is 28.6 Å². The summed E-state index contributed by atoms with van der Waals surface area (Å²) in [6, 6.07) is 13.3. The second-order valence-electron chi connectivity index (χ2n) is 9.65. The fraction of sp³-hybridized carbons (Fsp3) is 0.429. The molecular weight excluding hydrogens is 446 g/mol. The van der Waals surface area contributed by atoms with Gasteiger partial charge in [-0.3, -0.25) is 14.5 Å². The van der Waals surface area contributed by atoms with Gasteiger partial charge in [0.15, 0.2) is 0 Å². The van der Waals surface area contributed by atoms with Gasteiger partial charge in [0.25, 0.3) is 0 Å². The van der Waals surface area contributed by atoms with Crippen LogP contribution in [0.4, 0.5) is 0 Å². The molecule has 0 saturated carbocycles. The normalized spacial score (nSPS) is 26.4. The lowest BCUT2D eigenvalue weighted by molar-refractivity contribution is -0.138. The zero-order valence-corrected chi connectivity index (χ0v) is 20.1. The highest BCUT2D eigenvalue weighted by Gasteiger charge is 2.56. The Labute approximate surface area is 205 Å². The summed E-state index contributed by atoms with van der Waals surface area (Å²) in [7, 11) is 1.58. The number of amides is 2. The third kappa shape index (κ3) is 4.58. The number of hydrogen-bond acceptors (Lipinski definition) is 6. The number of fused-ring (bicyclic) bond motifs is 3. The van der Waals surface area contributed by atoms with Gasteiger partial charge in [0.1, 0.15) is 30.5 Å². The van der Waals surface area contributed by atoms with Crippen molar-refractivity contribution >= 4 is 17.9 Å². The van der Waals surface area contributed by atoms with Gasteiger partial charge in [-0.15, -0.1) is 0 Å². The first-order chi connectivity index (χ1) is 17.0. The van der Waals surface area contributed by atoms with Crippen LogP contribution in [0.15, 0.2) is 63.6 Å². The van der Waals surface area contributed by atoms with Crippen LogP contribution in [0.25, 0.3) is 6.08 Å². The lowest BCUT2D eigenvalue weighted by atomic mass is 9.69. The number of furan rings is 1. The third-order valence-corrected chi connectivity index (χ3v) is 7.41. The van der Waals surface area contributed by atoms with Crippen molar-refractivity contribution in [2.24, 2.45) is 17.8 Å². The van der Waals surface area contributed by atoms with Crippen molar-refractivity contribution in [1.29, 1.82) is 0 Å². The molecule has 4 atom stereocenters. The number of carbonyl (C=O) groups excluding carboxylic acids is 2. The number of rotatable bonds is 8. The van der Waals surface area contributed by atoms with Crippen molar-refractivity contribution in [2.45, 2.75) is 38.9 Å². The van der Waals surface area contributed by atoms with Gasteiger partial charge < -0.3 is 19.0 Å². The Morgan fingerprint density at radius 3 is 2.69 bits per heavy atom. The number of imide groups is 1. The average molecular weight is 478 g/mol. The number of nitrogens with zero attached hydrogens (tertiary/aromatic N) is 1. The number of hydrogen-bond donors (Lipinski definition) is 1. The Morgan fingerprint density at radius 2 is 1.94 bits per heavy atom. The largest absolute Gasteiger partial charge is 0.489 e. The number of para-hydroxylation sites is 1. The molecule has 2 aromatic rings. The smallest absolute Gasteiger partial charge is 0.233 e. The molecule has 3 aliphatic rings. The second kappa shape index (κ2) is 9.84. The monoisotopic (exact) mass is 477 g/mol. The predicted octanol–water partition coefficient (Wildman–Crippen LogP) is 3.98. The molecule has 5 rings (SSSR count). The molecular formula is C28H31NO6. The van der Waals surface area contributed by atoms with E-state index >= 15 is 0 Å². The summed E-state index contributed by atoms with van der Waals surface area (Å²) >= 11 is 0. The van der Waals surface area contributed by atoms with E-state index in [2.05, 4.69) is 0 Å². The SMILES string of the molecule is C/C(=C\c1ccc(CO)o1)CC[C@H]1OC[C@H]2C1=C(COc1ccccc1)C[C@H]1C(=O)N(C)C(=O)[C@H]12. The molecule has 1 aliphatic carbocycles. The van der Waals surface area contributed by atoms with Crippen LogP contribution in [0.3, 0.4) is 0 Å². The molecule has 2 saturated heterocycles. The topological polar surface area (TPSA) is 89.2 Å². The molecule has 0 spiro atoms. The first-order valence-corrected chi connectivity index (χ1v) is 12.2. The summed E-state index contributed by atoms with van der Waals surface area (Å²) in [4.78, 5) is 27.1. The van der Waals surface area contributed by atoms with Crippen LogP contribution in [-0.2, 0) is 20.9 Å². The number of aliphatic hydroxyl groups excluding tert-OH is 1. The highest BCUT2D eigenvalue weighted by Crippen LogP contribution is 2.49. The van der Waals surface area contributed by atoms with Gasteiger partial charge >= 0.3 is 0 Å². The number of carbonyl (C=O) groups is 2. The standard InChI is InChI=1S/C28H31NO6/c1-17(12-20-9-10-21(14-30)35-20)8-11-24-25-18(15-33-19-6-4-3-5-7-19)13-22-26(23(25)16-34-24)28(32)29(2)27(22)31/h3-7,9-10,12,22-24,26,30H,8,11,13-16H2,1-2H3/b17-12+/t22-,23+,24-,26-/m1/s1. The van der Waals surface area contributed by atoms with E-state index < -0.39 is 0 Å². The van der Waals surface area contributed by atoms with Crippen LogP contribution in [0.2, 0.25) is 0 Å². The zero-order chi connectivity index (χ0) is 24.5. The average Bonchev–Trinajstić information content (AvgIpc) is 3.56. The fourth-order valence-electron chi connectivity index (χ4n) is 5.68. The minimum Gasteiger partial charge on any atom is -0.489 e. The van der Waals surface area contributed by atoms with Gasteiger partial charge in [-0.25, -0.2) is 0 Å². The maximum absolute atomic E-state index is 12.9. The molecule has 35 heavy (non-hydrogen) atoms. The van der Waals surface area contributed by atoms with Crippen molar-refractivity contribution in [3.05, 3.63) is 70.7 Å². The minimum absolute atomic E-state index is 0.0870. The number of allylic oxidation sites excluding steroid dienone is 1. The van der Waals surface area contributed by atoms with Crippen molar-refractivity contribution in [1.82, 2.24) is 4.90 Å². The molecule has 0 radical (unpaired) electrons. The van der Waals surface area contributed by atoms with Crippen LogP contribution in [-0.4, -0.2) is 48.2 Å². The van der Waals surface area contributed by atoms with Gasteiger partial charge in [-0.05, 0) is 67.7 Å². The van der Waals surface area contributed by atoms with E-state index in [0.29, 0.717) is 31.2 Å². The van der Waals surface area contributed by atoms with Gasteiger partial charge in [0.05, 0.1) is 24.5 Å². The molecule has 1 aromatic heterocycles. The van der Waals surface area contributed by atoms with E-state index in [9.17, 15) is 14.7 Å². The van der Waals surface area contributed by atoms with E-state index in [0.717, 1.165) is 35.3 Å². The molecule has 7 nitrogen and oxygen atoms in total. The van der Waals surface area contributed by atoms with Crippen molar-refractivity contribution in [3.8, 4) is 5.75 Å². The van der Waals surface area contributed by atoms with Gasteiger partial charge in [0.2, 0.25) is 11.8 Å². The van der Waals surface area contributed by atoms with Crippen LogP contribution in [0.5, 0.6) is 5.75 Å². The van der Waals surface area contributed by atoms with Gasteiger partial charge in [-0.2, -0.15) is 0 Å². The molecule has 0 bridgehead atoms. The summed E-state index contributed by atoms with van der Waals surface area (Å²) in [5, 5.41) is 9.21. The molecule has 3 heterocycles. The quantitative estimate of drug-likeness (QED) is 0.457. The molecule has 2 fully saturated rings. The van der Waals surface area contributed by atoms with Crippen molar-refractivity contribution in [2.75, 3.05) is 20.3 Å². The van der Waals surface area contributed by atoms with Crippen LogP contribution >= 0.6 is 0 Å². The number of ether oxygens (including phenoxy) is 2. The summed E-state index contributed by atoms with van der Waals surface area (Å²) in [5.74, 6) is 1.07. The molecule has 7 heteroatoms. The third-order valence-electron chi connectivity index (χ3n) is 7.41. The van der Waals surface area contributed by atoms with E-state index in [1.807, 2.05) is 49.4 Å².